The third-order valence-electron chi connectivity index (χ3n) is 2.65. The van der Waals surface area contributed by atoms with Gasteiger partial charge in [0.15, 0.2) is 0 Å². The minimum absolute atomic E-state index is 1.10. The minimum atomic E-state index is 1.10. The van der Waals surface area contributed by atoms with Gasteiger partial charge in [0.25, 0.3) is 0 Å². The first-order chi connectivity index (χ1) is 8.95. The molecule has 0 fully saturated rings. The van der Waals surface area contributed by atoms with Crippen LogP contribution in [0.15, 0.2) is 65.8 Å². The summed E-state index contributed by atoms with van der Waals surface area (Å²) in [5.41, 5.74) is 2.27. The second-order valence-electron chi connectivity index (χ2n) is 3.78. The number of nitrogens with one attached hydrogen (secondary N) is 1. The first-order valence-corrected chi connectivity index (χ1v) is 5.60. The molecule has 0 aliphatic rings. The molecule has 4 aromatic rings. The van der Waals surface area contributed by atoms with Crippen molar-refractivity contribution in [3.05, 3.63) is 61.3 Å². The number of aromatic amines is 1. The molecule has 4 heteroatoms. The molecule has 0 unspecified atom stereocenters. The van der Waals surface area contributed by atoms with Gasteiger partial charge in [0, 0.05) is 22.5 Å². The van der Waals surface area contributed by atoms with Crippen LogP contribution in [-0.2, 0) is 0 Å². The first-order valence-electron chi connectivity index (χ1n) is 5.60. The van der Waals surface area contributed by atoms with Crippen molar-refractivity contribution in [2.45, 2.75) is 0 Å². The van der Waals surface area contributed by atoms with Crippen molar-refractivity contribution in [2.75, 3.05) is 0 Å². The molecule has 0 aliphatic heterocycles. The fourth-order valence-electron chi connectivity index (χ4n) is 1.88. The van der Waals surface area contributed by atoms with Crippen molar-refractivity contribution in [1.29, 1.82) is 0 Å². The second kappa shape index (κ2) is 4.71. The molecule has 4 nitrogen and oxygen atoms in total. The molecule has 1 N–H and O–H groups in total. The molecular weight excluding hydrogens is 226 g/mol. The highest BCUT2D eigenvalue weighted by Gasteiger charge is 2.00. The second-order valence-corrected chi connectivity index (χ2v) is 3.78. The Kier molecular flexibility index (Phi) is 2.75. The normalized spacial score (nSPS) is 10.2. The number of hydrogen-bond acceptors (Lipinski definition) is 3. The molecular formula is C14H11N3O. The van der Waals surface area contributed by atoms with Crippen molar-refractivity contribution in [3.63, 3.8) is 0 Å². The van der Waals surface area contributed by atoms with E-state index in [1.54, 1.807) is 12.3 Å². The smallest absolute Gasteiger partial charge is 0.123 e. The first kappa shape index (κ1) is 10.5. The summed E-state index contributed by atoms with van der Waals surface area (Å²) >= 11 is 0. The average molecular weight is 237 g/mol. The van der Waals surface area contributed by atoms with E-state index in [0.29, 0.717) is 0 Å². The van der Waals surface area contributed by atoms with Gasteiger partial charge in [-0.1, -0.05) is 23.4 Å². The number of H-pyrrole nitrogens is 1. The molecule has 88 valence electrons. The predicted octanol–water partition coefficient (Wildman–Crippen LogP) is 3.39. The molecule has 0 saturated carbocycles. The summed E-state index contributed by atoms with van der Waals surface area (Å²) in [6.07, 6.45) is 6.78. The molecule has 0 spiro atoms. The lowest BCUT2D eigenvalue weighted by molar-refractivity contribution is 0.420. The summed E-state index contributed by atoms with van der Waals surface area (Å²) < 4.78 is 4.33. The fourth-order valence-corrected chi connectivity index (χ4v) is 1.88. The van der Waals surface area contributed by atoms with Crippen LogP contribution in [0.5, 0.6) is 0 Å². The summed E-state index contributed by atoms with van der Waals surface area (Å²) in [7, 11) is 0. The van der Waals surface area contributed by atoms with Crippen molar-refractivity contribution in [2.24, 2.45) is 0 Å². The van der Waals surface area contributed by atoms with Crippen molar-refractivity contribution >= 4 is 21.8 Å². The van der Waals surface area contributed by atoms with Gasteiger partial charge >= 0.3 is 0 Å². The molecule has 0 aliphatic carbocycles. The zero-order chi connectivity index (χ0) is 12.2. The Bertz CT molecular complexity index is 676. The van der Waals surface area contributed by atoms with Gasteiger partial charge in [-0.15, -0.1) is 0 Å². The standard InChI is InChI=1S/C11H8N2.C3H3NO/c1-2-4-10-8(3-1)9-5-6-12-7-11(9)13-10;1-2-4-5-3-1/h1-7,13H;1-3H. The van der Waals surface area contributed by atoms with Gasteiger partial charge in [-0.25, -0.2) is 0 Å². The van der Waals surface area contributed by atoms with E-state index in [0.717, 1.165) is 5.52 Å². The third kappa shape index (κ3) is 1.96. The summed E-state index contributed by atoms with van der Waals surface area (Å²) in [4.78, 5) is 7.39. The zero-order valence-electron chi connectivity index (χ0n) is 9.58. The van der Waals surface area contributed by atoms with E-state index in [-0.39, 0.29) is 0 Å². The molecule has 4 rings (SSSR count). The molecule has 1 aromatic carbocycles. The lowest BCUT2D eigenvalue weighted by Crippen LogP contribution is -1.68. The SMILES string of the molecule is c1ccc2c(c1)[nH]c1cnccc12.c1cnoc1. The van der Waals surface area contributed by atoms with E-state index < -0.39 is 0 Å². The Labute approximate surface area is 103 Å². The van der Waals surface area contributed by atoms with E-state index in [9.17, 15) is 0 Å². The van der Waals surface area contributed by atoms with Crippen LogP contribution in [0.4, 0.5) is 0 Å². The van der Waals surface area contributed by atoms with E-state index in [1.807, 2.05) is 24.5 Å². The van der Waals surface area contributed by atoms with Crippen molar-refractivity contribution in [1.82, 2.24) is 15.1 Å². The highest BCUT2D eigenvalue weighted by molar-refractivity contribution is 6.06. The monoisotopic (exact) mass is 237 g/mol. The molecule has 18 heavy (non-hydrogen) atoms. The van der Waals surface area contributed by atoms with Crippen molar-refractivity contribution < 1.29 is 4.52 Å². The lowest BCUT2D eigenvalue weighted by Gasteiger charge is -1.87. The van der Waals surface area contributed by atoms with Crippen molar-refractivity contribution in [3.8, 4) is 0 Å². The summed E-state index contributed by atoms with van der Waals surface area (Å²) in [5.74, 6) is 0. The van der Waals surface area contributed by atoms with Crippen LogP contribution >= 0.6 is 0 Å². The Morgan fingerprint density at radius 1 is 0.889 bits per heavy atom. The van der Waals surface area contributed by atoms with Gasteiger partial charge in [0.2, 0.25) is 0 Å². The molecule has 0 radical (unpaired) electrons. The van der Waals surface area contributed by atoms with E-state index in [1.165, 1.54) is 22.6 Å². The molecule has 0 saturated heterocycles. The van der Waals surface area contributed by atoms with Gasteiger partial charge in [-0.05, 0) is 18.2 Å². The summed E-state index contributed by atoms with van der Waals surface area (Å²) in [6, 6.07) is 12.0. The third-order valence-corrected chi connectivity index (χ3v) is 2.65. The summed E-state index contributed by atoms with van der Waals surface area (Å²) in [6.45, 7) is 0. The fraction of sp³-hybridized carbons (Fsp3) is 0. The van der Waals surface area contributed by atoms with E-state index in [2.05, 4.69) is 37.8 Å². The minimum Gasteiger partial charge on any atom is -0.365 e. The van der Waals surface area contributed by atoms with Crippen LogP contribution in [0.1, 0.15) is 0 Å². The van der Waals surface area contributed by atoms with Gasteiger partial charge in [-0.3, -0.25) is 4.98 Å². The molecule has 3 aromatic heterocycles. The number of pyridine rings is 1. The maximum Gasteiger partial charge on any atom is 0.123 e. The molecule has 0 bridgehead atoms. The average Bonchev–Trinajstić information content (AvgIpc) is 3.10. The van der Waals surface area contributed by atoms with Crippen LogP contribution in [0.2, 0.25) is 0 Å². The Morgan fingerprint density at radius 3 is 2.56 bits per heavy atom. The maximum atomic E-state index is 4.33. The number of aromatic nitrogens is 3. The van der Waals surface area contributed by atoms with E-state index >= 15 is 0 Å². The molecule has 0 amide bonds. The quantitative estimate of drug-likeness (QED) is 0.510. The number of nitrogens with zero attached hydrogens (tertiary/aromatic N) is 2. The lowest BCUT2D eigenvalue weighted by atomic mass is 10.2. The Hall–Kier alpha value is -2.62. The van der Waals surface area contributed by atoms with Gasteiger partial charge in [-0.2, -0.15) is 0 Å². The van der Waals surface area contributed by atoms with Gasteiger partial charge in [0.05, 0.1) is 17.9 Å². The Morgan fingerprint density at radius 2 is 1.78 bits per heavy atom. The number of fused-ring (bicyclic) bond motifs is 3. The highest BCUT2D eigenvalue weighted by Crippen LogP contribution is 2.23. The maximum absolute atomic E-state index is 4.33. The van der Waals surface area contributed by atoms with E-state index in [4.69, 9.17) is 0 Å². The Balaban J connectivity index is 0.000000169. The molecule has 3 heterocycles. The number of hydrogen-bond donors (Lipinski definition) is 1. The van der Waals surface area contributed by atoms with Crippen LogP contribution in [0, 0.1) is 0 Å². The number of rotatable bonds is 0. The number of para-hydroxylation sites is 1. The number of benzene rings is 1. The zero-order valence-corrected chi connectivity index (χ0v) is 9.58. The molecule has 0 atom stereocenters. The predicted molar refractivity (Wildman–Crippen MR) is 70.1 cm³/mol. The van der Waals surface area contributed by atoms with Crippen LogP contribution in [0.25, 0.3) is 21.8 Å². The van der Waals surface area contributed by atoms with Crippen LogP contribution in [-0.4, -0.2) is 15.1 Å². The largest absolute Gasteiger partial charge is 0.365 e. The van der Waals surface area contributed by atoms with Crippen LogP contribution < -0.4 is 0 Å². The van der Waals surface area contributed by atoms with Gasteiger partial charge < -0.3 is 9.51 Å². The van der Waals surface area contributed by atoms with Crippen LogP contribution in [0.3, 0.4) is 0 Å². The van der Waals surface area contributed by atoms with Gasteiger partial charge in [0.1, 0.15) is 6.26 Å². The highest BCUT2D eigenvalue weighted by atomic mass is 16.5. The topological polar surface area (TPSA) is 54.7 Å². The summed E-state index contributed by atoms with van der Waals surface area (Å²) in [5, 5.41) is 5.85.